The van der Waals surface area contributed by atoms with Gasteiger partial charge in [-0.15, -0.1) is 0 Å². The molecular weight excluding hydrogens is 188 g/mol. The van der Waals surface area contributed by atoms with Gasteiger partial charge in [0, 0.05) is 0 Å². The van der Waals surface area contributed by atoms with Crippen LogP contribution in [0.25, 0.3) is 0 Å². The Morgan fingerprint density at radius 1 is 1.23 bits per heavy atom. The molecule has 0 aromatic carbocycles. The molecule has 0 saturated carbocycles. The molecular formula is C8H13ClN4. The molecule has 1 aromatic heterocycles. The molecule has 1 aliphatic heterocycles. The average Bonchev–Trinajstić information content (AvgIpc) is 2.68. The number of nitrogens with two attached hydrogens (primary N) is 1. The van der Waals surface area contributed by atoms with Crippen molar-refractivity contribution in [2.24, 2.45) is 0 Å². The summed E-state index contributed by atoms with van der Waals surface area (Å²) in [6, 6.07) is 0. The van der Waals surface area contributed by atoms with Crippen LogP contribution in [0.2, 0.25) is 5.02 Å². The van der Waals surface area contributed by atoms with Gasteiger partial charge in [-0.3, -0.25) is 0 Å². The first-order chi connectivity index (χ1) is 6.29. The SMILES string of the molecule is C1CCNC1.Nc1ncc(Cl)cn1. The van der Waals surface area contributed by atoms with Crippen LogP contribution in [0.1, 0.15) is 12.8 Å². The van der Waals surface area contributed by atoms with E-state index in [1.165, 1.54) is 38.3 Å². The van der Waals surface area contributed by atoms with Crippen LogP contribution in [0.5, 0.6) is 0 Å². The van der Waals surface area contributed by atoms with Crippen LogP contribution < -0.4 is 11.1 Å². The predicted octanol–water partition coefficient (Wildman–Crippen LogP) is 1.08. The van der Waals surface area contributed by atoms with Crippen molar-refractivity contribution in [2.45, 2.75) is 12.8 Å². The number of aromatic nitrogens is 2. The van der Waals surface area contributed by atoms with E-state index in [9.17, 15) is 0 Å². The molecule has 1 aromatic rings. The third kappa shape index (κ3) is 4.65. The lowest BCUT2D eigenvalue weighted by molar-refractivity contribution is 0.857. The highest BCUT2D eigenvalue weighted by atomic mass is 35.5. The topological polar surface area (TPSA) is 63.8 Å². The van der Waals surface area contributed by atoms with E-state index in [1.807, 2.05) is 0 Å². The largest absolute Gasteiger partial charge is 0.368 e. The number of nitrogens with one attached hydrogen (secondary N) is 1. The Labute approximate surface area is 82.5 Å². The maximum Gasteiger partial charge on any atom is 0.220 e. The molecule has 0 radical (unpaired) electrons. The molecule has 0 atom stereocenters. The molecule has 4 nitrogen and oxygen atoms in total. The molecule has 2 rings (SSSR count). The highest BCUT2D eigenvalue weighted by Gasteiger charge is 1.93. The molecule has 0 amide bonds. The number of hydrogen-bond acceptors (Lipinski definition) is 4. The van der Waals surface area contributed by atoms with Crippen LogP contribution in [0.4, 0.5) is 5.95 Å². The van der Waals surface area contributed by atoms with Crippen LogP contribution in [-0.2, 0) is 0 Å². The van der Waals surface area contributed by atoms with Crippen LogP contribution in [0, 0.1) is 0 Å². The Bertz CT molecular complexity index is 204. The fourth-order valence-corrected chi connectivity index (χ4v) is 1.04. The summed E-state index contributed by atoms with van der Waals surface area (Å²) in [6.07, 6.45) is 5.67. The fraction of sp³-hybridized carbons (Fsp3) is 0.500. The molecule has 0 spiro atoms. The number of nitrogen functional groups attached to an aromatic ring is 1. The molecule has 1 fully saturated rings. The van der Waals surface area contributed by atoms with Gasteiger partial charge in [-0.2, -0.15) is 0 Å². The second-order valence-corrected chi connectivity index (χ2v) is 3.15. The van der Waals surface area contributed by atoms with Crippen molar-refractivity contribution in [3.05, 3.63) is 17.4 Å². The van der Waals surface area contributed by atoms with Crippen molar-refractivity contribution in [1.29, 1.82) is 0 Å². The van der Waals surface area contributed by atoms with Gasteiger partial charge in [-0.05, 0) is 25.9 Å². The minimum atomic E-state index is 0.245. The van der Waals surface area contributed by atoms with Crippen molar-refractivity contribution in [3.8, 4) is 0 Å². The molecule has 1 aliphatic rings. The Morgan fingerprint density at radius 3 is 2.08 bits per heavy atom. The van der Waals surface area contributed by atoms with Gasteiger partial charge in [0.2, 0.25) is 5.95 Å². The molecule has 13 heavy (non-hydrogen) atoms. The molecule has 3 N–H and O–H groups in total. The van der Waals surface area contributed by atoms with Gasteiger partial charge in [0.25, 0.3) is 0 Å². The number of nitrogens with zero attached hydrogens (tertiary/aromatic N) is 2. The number of halogens is 1. The lowest BCUT2D eigenvalue weighted by atomic mass is 10.4. The van der Waals surface area contributed by atoms with Gasteiger partial charge >= 0.3 is 0 Å². The Balaban J connectivity index is 0.000000145. The highest BCUT2D eigenvalue weighted by molar-refractivity contribution is 6.30. The average molecular weight is 201 g/mol. The molecule has 1 saturated heterocycles. The first kappa shape index (κ1) is 10.2. The van der Waals surface area contributed by atoms with E-state index in [1.54, 1.807) is 0 Å². The molecule has 0 unspecified atom stereocenters. The normalized spacial score (nSPS) is 14.8. The third-order valence-corrected chi connectivity index (χ3v) is 1.79. The minimum Gasteiger partial charge on any atom is -0.368 e. The fourth-order valence-electron chi connectivity index (χ4n) is 0.947. The van der Waals surface area contributed by atoms with Gasteiger partial charge in [0.05, 0.1) is 17.4 Å². The smallest absolute Gasteiger partial charge is 0.220 e. The summed E-state index contributed by atoms with van der Waals surface area (Å²) in [5, 5.41) is 3.72. The molecule has 2 heterocycles. The van der Waals surface area contributed by atoms with Gasteiger partial charge in [0.15, 0.2) is 0 Å². The zero-order valence-electron chi connectivity index (χ0n) is 7.33. The van der Waals surface area contributed by atoms with E-state index < -0.39 is 0 Å². The molecule has 0 aliphatic carbocycles. The summed E-state index contributed by atoms with van der Waals surface area (Å²) >= 11 is 5.43. The van der Waals surface area contributed by atoms with Crippen LogP contribution in [-0.4, -0.2) is 23.1 Å². The van der Waals surface area contributed by atoms with Crippen LogP contribution in [0.15, 0.2) is 12.4 Å². The van der Waals surface area contributed by atoms with Crippen molar-refractivity contribution in [3.63, 3.8) is 0 Å². The summed E-state index contributed by atoms with van der Waals surface area (Å²) in [4.78, 5) is 7.23. The van der Waals surface area contributed by atoms with E-state index >= 15 is 0 Å². The van der Waals surface area contributed by atoms with E-state index in [4.69, 9.17) is 17.3 Å². The lowest BCUT2D eigenvalue weighted by Crippen LogP contribution is -2.03. The van der Waals surface area contributed by atoms with E-state index in [-0.39, 0.29) is 5.95 Å². The van der Waals surface area contributed by atoms with Gasteiger partial charge in [-0.1, -0.05) is 11.6 Å². The third-order valence-electron chi connectivity index (χ3n) is 1.60. The summed E-state index contributed by atoms with van der Waals surface area (Å²) < 4.78 is 0. The molecule has 72 valence electrons. The number of rotatable bonds is 0. The predicted molar refractivity (Wildman–Crippen MR) is 53.6 cm³/mol. The lowest BCUT2D eigenvalue weighted by Gasteiger charge is -1.86. The van der Waals surface area contributed by atoms with Crippen molar-refractivity contribution in [2.75, 3.05) is 18.8 Å². The summed E-state index contributed by atoms with van der Waals surface area (Å²) in [5.74, 6) is 0.245. The van der Waals surface area contributed by atoms with E-state index in [0.717, 1.165) is 0 Å². The molecule has 5 heteroatoms. The summed E-state index contributed by atoms with van der Waals surface area (Å²) in [6.45, 7) is 2.50. The highest BCUT2D eigenvalue weighted by Crippen LogP contribution is 2.02. The second-order valence-electron chi connectivity index (χ2n) is 2.72. The van der Waals surface area contributed by atoms with E-state index in [0.29, 0.717) is 5.02 Å². The van der Waals surface area contributed by atoms with Crippen LogP contribution in [0.3, 0.4) is 0 Å². The van der Waals surface area contributed by atoms with Gasteiger partial charge < -0.3 is 11.1 Å². The maximum absolute atomic E-state index is 5.43. The van der Waals surface area contributed by atoms with Crippen molar-refractivity contribution in [1.82, 2.24) is 15.3 Å². The van der Waals surface area contributed by atoms with E-state index in [2.05, 4.69) is 15.3 Å². The number of anilines is 1. The zero-order valence-corrected chi connectivity index (χ0v) is 8.09. The zero-order chi connectivity index (χ0) is 9.52. The van der Waals surface area contributed by atoms with Gasteiger partial charge in [-0.25, -0.2) is 9.97 Å². The first-order valence-corrected chi connectivity index (χ1v) is 4.60. The summed E-state index contributed by atoms with van der Waals surface area (Å²) in [5.41, 5.74) is 5.15. The van der Waals surface area contributed by atoms with Gasteiger partial charge in [0.1, 0.15) is 0 Å². The number of hydrogen-bond donors (Lipinski definition) is 2. The van der Waals surface area contributed by atoms with Crippen molar-refractivity contribution < 1.29 is 0 Å². The first-order valence-electron chi connectivity index (χ1n) is 4.23. The minimum absolute atomic E-state index is 0.245. The van der Waals surface area contributed by atoms with Crippen LogP contribution >= 0.6 is 11.6 Å². The Morgan fingerprint density at radius 2 is 1.77 bits per heavy atom. The Hall–Kier alpha value is -0.870. The Kier molecular flexibility index (Phi) is 4.49. The quantitative estimate of drug-likeness (QED) is 0.658. The standard InChI is InChI=1S/C4H4ClN3.C4H9N/c5-3-1-7-4(6)8-2-3;1-2-4-5-3-1/h1-2H,(H2,6,7,8);5H,1-4H2. The monoisotopic (exact) mass is 200 g/mol. The van der Waals surface area contributed by atoms with Crippen molar-refractivity contribution >= 4 is 17.5 Å². The maximum atomic E-state index is 5.43. The second kappa shape index (κ2) is 5.72. The molecule has 0 bridgehead atoms. The summed E-state index contributed by atoms with van der Waals surface area (Å²) in [7, 11) is 0.